The number of hydrogen-bond donors (Lipinski definition) is 1. The molecule has 3 nitrogen and oxygen atoms in total. The molecule has 1 saturated carbocycles. The number of aliphatic hydroxyl groups is 1. The largest absolute Gasteiger partial charge is 0.486 e. The molecule has 0 aromatic heterocycles. The van der Waals surface area contributed by atoms with Gasteiger partial charge in [0.15, 0.2) is 0 Å². The van der Waals surface area contributed by atoms with E-state index in [0.717, 1.165) is 19.4 Å². The Hall–Kier alpha value is -0.350. The molecule has 0 amide bonds. The second-order valence-corrected chi connectivity index (χ2v) is 4.58. The summed E-state index contributed by atoms with van der Waals surface area (Å²) in [5, 5.41) is 9.18. The van der Waals surface area contributed by atoms with Crippen molar-refractivity contribution in [3.05, 3.63) is 0 Å². The quantitative estimate of drug-likeness (QED) is 0.649. The monoisotopic (exact) mass is 201 g/mol. The standard InChI is InChI=1S/C9H15NO2S/c1-6-9(3-7(4-9)12-2)5-10(6)8(11)13/h6-7H,3-5H2,1-2H3,(H,11,13)/t6?,7-,9+. The van der Waals surface area contributed by atoms with Gasteiger partial charge in [-0.3, -0.25) is 0 Å². The molecule has 2 rings (SSSR count). The number of thiocarbonyl (C=S) groups is 1. The predicted molar refractivity (Wildman–Crippen MR) is 53.9 cm³/mol. The zero-order valence-electron chi connectivity index (χ0n) is 7.99. The molecule has 1 aliphatic carbocycles. The fourth-order valence-corrected chi connectivity index (χ4v) is 2.77. The predicted octanol–water partition coefficient (Wildman–Crippen LogP) is 1.33. The molecule has 1 heterocycles. The van der Waals surface area contributed by atoms with Gasteiger partial charge in [-0.25, -0.2) is 0 Å². The van der Waals surface area contributed by atoms with Gasteiger partial charge in [0.05, 0.1) is 6.10 Å². The van der Waals surface area contributed by atoms with E-state index in [4.69, 9.17) is 22.1 Å². The smallest absolute Gasteiger partial charge is 0.257 e. The Balaban J connectivity index is 1.91. The van der Waals surface area contributed by atoms with E-state index >= 15 is 0 Å². The van der Waals surface area contributed by atoms with Crippen LogP contribution in [0.15, 0.2) is 0 Å². The van der Waals surface area contributed by atoms with Crippen LogP contribution in [0.3, 0.4) is 0 Å². The average Bonchev–Trinajstić information content (AvgIpc) is 1.99. The SMILES string of the molecule is CO[C@H]1C[C@]2(CN(C(O)=S)C2C)C1. The minimum Gasteiger partial charge on any atom is -0.486 e. The van der Waals surface area contributed by atoms with Crippen LogP contribution in [-0.2, 0) is 4.74 Å². The second-order valence-electron chi connectivity index (χ2n) is 4.21. The topological polar surface area (TPSA) is 32.7 Å². The van der Waals surface area contributed by atoms with Gasteiger partial charge in [0.2, 0.25) is 0 Å². The lowest BCUT2D eigenvalue weighted by Gasteiger charge is -2.63. The van der Waals surface area contributed by atoms with Crippen LogP contribution < -0.4 is 0 Å². The van der Waals surface area contributed by atoms with Gasteiger partial charge in [-0.2, -0.15) is 0 Å². The summed E-state index contributed by atoms with van der Waals surface area (Å²) in [6.07, 6.45) is 2.66. The van der Waals surface area contributed by atoms with Gasteiger partial charge in [-0.15, -0.1) is 0 Å². The van der Waals surface area contributed by atoms with Crippen LogP contribution in [0.25, 0.3) is 0 Å². The fraction of sp³-hybridized carbons (Fsp3) is 0.889. The molecule has 1 saturated heterocycles. The van der Waals surface area contributed by atoms with Crippen molar-refractivity contribution in [3.63, 3.8) is 0 Å². The summed E-state index contributed by atoms with van der Waals surface area (Å²) in [6.45, 7) is 3.03. The van der Waals surface area contributed by atoms with Gasteiger partial charge in [-0.1, -0.05) is 0 Å². The number of methoxy groups -OCH3 is 1. The number of hydrogen-bond acceptors (Lipinski definition) is 2. The average molecular weight is 201 g/mol. The normalized spacial score (nSPS) is 42.8. The summed E-state index contributed by atoms with van der Waals surface area (Å²) < 4.78 is 5.25. The lowest BCUT2D eigenvalue weighted by atomic mass is 9.57. The first-order valence-electron chi connectivity index (χ1n) is 4.61. The molecule has 1 atom stereocenters. The molecule has 4 heteroatoms. The first-order chi connectivity index (χ1) is 6.09. The van der Waals surface area contributed by atoms with Crippen LogP contribution in [0.1, 0.15) is 19.8 Å². The van der Waals surface area contributed by atoms with Gasteiger partial charge in [0.1, 0.15) is 0 Å². The molecule has 0 radical (unpaired) electrons. The first kappa shape index (κ1) is 9.21. The van der Waals surface area contributed by atoms with Gasteiger partial charge in [0.25, 0.3) is 5.17 Å². The van der Waals surface area contributed by atoms with Crippen LogP contribution >= 0.6 is 12.2 Å². The second kappa shape index (κ2) is 2.82. The zero-order chi connectivity index (χ0) is 9.64. The van der Waals surface area contributed by atoms with Crippen LogP contribution in [-0.4, -0.2) is 41.0 Å². The minimum atomic E-state index is 0.0407. The molecule has 2 aliphatic rings. The summed E-state index contributed by atoms with van der Waals surface area (Å²) in [7, 11) is 1.76. The molecular formula is C9H15NO2S. The third-order valence-electron chi connectivity index (χ3n) is 3.69. The van der Waals surface area contributed by atoms with E-state index in [2.05, 4.69) is 6.92 Å². The van der Waals surface area contributed by atoms with E-state index in [1.54, 1.807) is 7.11 Å². The summed E-state index contributed by atoms with van der Waals surface area (Å²) in [6, 6.07) is 0.386. The van der Waals surface area contributed by atoms with Crippen molar-refractivity contribution in [2.45, 2.75) is 31.9 Å². The first-order valence-corrected chi connectivity index (χ1v) is 5.02. The summed E-state index contributed by atoms with van der Waals surface area (Å²) >= 11 is 4.73. The maximum Gasteiger partial charge on any atom is 0.257 e. The molecule has 1 N–H and O–H groups in total. The Morgan fingerprint density at radius 3 is 2.62 bits per heavy atom. The molecular weight excluding hydrogens is 186 g/mol. The van der Waals surface area contributed by atoms with E-state index in [1.165, 1.54) is 0 Å². The number of ether oxygens (including phenoxy) is 1. The van der Waals surface area contributed by atoms with E-state index in [-0.39, 0.29) is 5.17 Å². The van der Waals surface area contributed by atoms with Crippen molar-refractivity contribution in [1.29, 1.82) is 0 Å². The highest BCUT2D eigenvalue weighted by Gasteiger charge is 2.58. The minimum absolute atomic E-state index is 0.0407. The molecule has 1 spiro atoms. The van der Waals surface area contributed by atoms with Crippen LogP contribution in [0.5, 0.6) is 0 Å². The van der Waals surface area contributed by atoms with Crippen molar-refractivity contribution in [1.82, 2.24) is 4.90 Å². The molecule has 13 heavy (non-hydrogen) atoms. The molecule has 1 aliphatic heterocycles. The lowest BCUT2D eigenvalue weighted by Crippen LogP contribution is -2.70. The Labute approximate surface area is 83.7 Å². The van der Waals surface area contributed by atoms with Crippen molar-refractivity contribution in [2.24, 2.45) is 5.41 Å². The number of likely N-dealkylation sites (tertiary alicyclic amines) is 1. The Morgan fingerprint density at radius 2 is 2.23 bits per heavy atom. The van der Waals surface area contributed by atoms with Gasteiger partial charge >= 0.3 is 0 Å². The summed E-state index contributed by atoms with van der Waals surface area (Å²) in [4.78, 5) is 1.88. The number of aliphatic hydroxyl groups excluding tert-OH is 1. The molecule has 2 fully saturated rings. The van der Waals surface area contributed by atoms with Crippen LogP contribution in [0.4, 0.5) is 0 Å². The van der Waals surface area contributed by atoms with E-state index in [1.807, 2.05) is 4.90 Å². The van der Waals surface area contributed by atoms with Crippen molar-refractivity contribution < 1.29 is 9.84 Å². The molecule has 0 aromatic carbocycles. The van der Waals surface area contributed by atoms with E-state index < -0.39 is 0 Å². The third-order valence-corrected chi connectivity index (χ3v) is 3.92. The van der Waals surface area contributed by atoms with Crippen molar-refractivity contribution >= 4 is 17.4 Å². The molecule has 1 unspecified atom stereocenters. The number of nitrogens with zero attached hydrogens (tertiary/aromatic N) is 1. The maximum atomic E-state index is 9.14. The van der Waals surface area contributed by atoms with Gasteiger partial charge < -0.3 is 14.7 Å². The summed E-state index contributed by atoms with van der Waals surface area (Å²) in [5.74, 6) is 0. The maximum absolute atomic E-state index is 9.14. The highest BCUT2D eigenvalue weighted by molar-refractivity contribution is 7.79. The number of rotatable bonds is 1. The van der Waals surface area contributed by atoms with Crippen LogP contribution in [0.2, 0.25) is 0 Å². The zero-order valence-corrected chi connectivity index (χ0v) is 8.80. The molecule has 74 valence electrons. The highest BCUT2D eigenvalue weighted by atomic mass is 32.1. The van der Waals surface area contributed by atoms with E-state index in [0.29, 0.717) is 17.6 Å². The Bertz CT molecular complexity index is 238. The van der Waals surface area contributed by atoms with E-state index in [9.17, 15) is 0 Å². The Morgan fingerprint density at radius 1 is 1.62 bits per heavy atom. The Kier molecular flexibility index (Phi) is 2.00. The molecule has 0 bridgehead atoms. The van der Waals surface area contributed by atoms with Crippen LogP contribution in [0, 0.1) is 5.41 Å². The highest BCUT2D eigenvalue weighted by Crippen LogP contribution is 2.53. The van der Waals surface area contributed by atoms with Crippen molar-refractivity contribution in [2.75, 3.05) is 13.7 Å². The third kappa shape index (κ3) is 1.15. The summed E-state index contributed by atoms with van der Waals surface area (Å²) in [5.41, 5.74) is 0.382. The lowest BCUT2D eigenvalue weighted by molar-refractivity contribution is -0.156. The molecule has 0 aromatic rings. The van der Waals surface area contributed by atoms with Crippen molar-refractivity contribution in [3.8, 4) is 0 Å². The van der Waals surface area contributed by atoms with Gasteiger partial charge in [0, 0.05) is 25.1 Å². The fourth-order valence-electron chi connectivity index (χ4n) is 2.54. The van der Waals surface area contributed by atoms with Gasteiger partial charge in [-0.05, 0) is 32.0 Å².